The molecule has 0 aliphatic rings. The van der Waals surface area contributed by atoms with Gasteiger partial charge in [0.05, 0.1) is 0 Å². The summed E-state index contributed by atoms with van der Waals surface area (Å²) in [6.07, 6.45) is 0. The van der Waals surface area contributed by atoms with Crippen molar-refractivity contribution in [2.24, 2.45) is 0 Å². The number of nitrogens with zero attached hydrogens (tertiary/aromatic N) is 1. The highest BCUT2D eigenvalue weighted by atomic mass is 16.5. The van der Waals surface area contributed by atoms with Gasteiger partial charge in [-0.3, -0.25) is 4.79 Å². The fourth-order valence-corrected chi connectivity index (χ4v) is 2.41. The largest absolute Gasteiger partial charge is 0.484 e. The van der Waals surface area contributed by atoms with Gasteiger partial charge in [0.15, 0.2) is 6.61 Å². The third-order valence-electron chi connectivity index (χ3n) is 3.84. The van der Waals surface area contributed by atoms with Crippen LogP contribution in [0.2, 0.25) is 0 Å². The molecule has 0 fully saturated rings. The lowest BCUT2D eigenvalue weighted by Crippen LogP contribution is -2.31. The van der Waals surface area contributed by atoms with Crippen molar-refractivity contribution in [3.8, 4) is 16.9 Å². The molecule has 0 unspecified atom stereocenters. The van der Waals surface area contributed by atoms with E-state index < -0.39 is 0 Å². The van der Waals surface area contributed by atoms with Gasteiger partial charge in [-0.15, -0.1) is 0 Å². The first-order chi connectivity index (χ1) is 11.7. The van der Waals surface area contributed by atoms with Crippen LogP contribution < -0.4 is 9.64 Å². The van der Waals surface area contributed by atoms with Gasteiger partial charge in [-0.2, -0.15) is 0 Å². The third kappa shape index (κ3) is 3.82. The molecule has 24 heavy (non-hydrogen) atoms. The summed E-state index contributed by atoms with van der Waals surface area (Å²) in [6, 6.07) is 27.4. The molecule has 3 aromatic carbocycles. The minimum absolute atomic E-state index is 0.01000. The zero-order chi connectivity index (χ0) is 16.8. The van der Waals surface area contributed by atoms with Gasteiger partial charge in [-0.05, 0) is 35.4 Å². The number of carbonyl (C=O) groups excluding carboxylic acids is 1. The van der Waals surface area contributed by atoms with Crippen molar-refractivity contribution in [3.05, 3.63) is 84.9 Å². The zero-order valence-electron chi connectivity index (χ0n) is 13.6. The molecule has 0 spiro atoms. The van der Waals surface area contributed by atoms with Gasteiger partial charge < -0.3 is 9.64 Å². The molecular weight excluding hydrogens is 298 g/mol. The van der Waals surface area contributed by atoms with Crippen molar-refractivity contribution in [3.63, 3.8) is 0 Å². The van der Waals surface area contributed by atoms with Crippen molar-refractivity contribution in [2.75, 3.05) is 18.6 Å². The number of hydrogen-bond acceptors (Lipinski definition) is 2. The molecule has 0 saturated heterocycles. The number of anilines is 1. The number of rotatable bonds is 5. The first-order valence-corrected chi connectivity index (χ1v) is 7.84. The fraction of sp³-hybridized carbons (Fsp3) is 0.0952. The maximum absolute atomic E-state index is 12.2. The predicted octanol–water partition coefficient (Wildman–Crippen LogP) is 4.40. The van der Waals surface area contributed by atoms with Crippen LogP contribution in [0, 0.1) is 0 Å². The van der Waals surface area contributed by atoms with Gasteiger partial charge >= 0.3 is 0 Å². The third-order valence-corrected chi connectivity index (χ3v) is 3.84. The molecule has 120 valence electrons. The maximum atomic E-state index is 12.2. The summed E-state index contributed by atoms with van der Waals surface area (Å²) in [5, 5.41) is 0. The molecule has 3 heteroatoms. The number of carbonyl (C=O) groups is 1. The minimum Gasteiger partial charge on any atom is -0.484 e. The summed E-state index contributed by atoms with van der Waals surface area (Å²) in [5.74, 6) is 0.595. The van der Waals surface area contributed by atoms with E-state index in [1.807, 2.05) is 72.8 Å². The number of para-hydroxylation sites is 1. The minimum atomic E-state index is -0.0895. The number of likely N-dealkylation sites (N-methyl/N-ethyl adjacent to an activating group) is 1. The Balaban J connectivity index is 1.60. The summed E-state index contributed by atoms with van der Waals surface area (Å²) in [6.45, 7) is 0.01000. The van der Waals surface area contributed by atoms with E-state index in [1.54, 1.807) is 11.9 Å². The zero-order valence-corrected chi connectivity index (χ0v) is 13.6. The molecule has 0 heterocycles. The highest BCUT2D eigenvalue weighted by molar-refractivity contribution is 5.93. The van der Waals surface area contributed by atoms with E-state index in [1.165, 1.54) is 0 Å². The molecule has 3 rings (SSSR count). The van der Waals surface area contributed by atoms with Crippen LogP contribution in [0.15, 0.2) is 84.9 Å². The van der Waals surface area contributed by atoms with Crippen LogP contribution in [-0.2, 0) is 4.79 Å². The van der Waals surface area contributed by atoms with Gasteiger partial charge in [-0.1, -0.05) is 60.7 Å². The van der Waals surface area contributed by atoms with Crippen LogP contribution in [0.5, 0.6) is 5.75 Å². The number of ether oxygens (including phenoxy) is 1. The Labute approximate surface area is 142 Å². The Hall–Kier alpha value is -3.07. The molecule has 0 aliphatic heterocycles. The Morgan fingerprint density at radius 1 is 0.792 bits per heavy atom. The topological polar surface area (TPSA) is 29.5 Å². The van der Waals surface area contributed by atoms with Crippen LogP contribution in [0.1, 0.15) is 0 Å². The second-order valence-electron chi connectivity index (χ2n) is 5.47. The molecule has 0 N–H and O–H groups in total. The summed E-state index contributed by atoms with van der Waals surface area (Å²) in [7, 11) is 1.75. The van der Waals surface area contributed by atoms with E-state index in [4.69, 9.17) is 4.74 Å². The molecule has 0 aromatic heterocycles. The van der Waals surface area contributed by atoms with Crippen LogP contribution in [0.25, 0.3) is 11.1 Å². The molecular formula is C21H19NO2. The van der Waals surface area contributed by atoms with E-state index >= 15 is 0 Å². The second kappa shape index (κ2) is 7.47. The van der Waals surface area contributed by atoms with Crippen LogP contribution in [-0.4, -0.2) is 19.6 Å². The van der Waals surface area contributed by atoms with Crippen molar-refractivity contribution < 1.29 is 9.53 Å². The smallest absolute Gasteiger partial charge is 0.264 e. The monoisotopic (exact) mass is 317 g/mol. The highest BCUT2D eigenvalue weighted by Crippen LogP contribution is 2.22. The Kier molecular flexibility index (Phi) is 4.92. The van der Waals surface area contributed by atoms with Crippen molar-refractivity contribution in [1.82, 2.24) is 0 Å². The lowest BCUT2D eigenvalue weighted by molar-refractivity contribution is -0.120. The van der Waals surface area contributed by atoms with Crippen molar-refractivity contribution in [2.45, 2.75) is 0 Å². The lowest BCUT2D eigenvalue weighted by atomic mass is 10.1. The molecule has 0 radical (unpaired) electrons. The molecule has 0 saturated carbocycles. The summed E-state index contributed by atoms with van der Waals surface area (Å²) in [5.41, 5.74) is 3.13. The highest BCUT2D eigenvalue weighted by Gasteiger charge is 2.11. The Bertz CT molecular complexity index is 783. The summed E-state index contributed by atoms with van der Waals surface area (Å²) >= 11 is 0. The average molecular weight is 317 g/mol. The van der Waals surface area contributed by atoms with Crippen LogP contribution in [0.4, 0.5) is 5.69 Å². The number of benzene rings is 3. The van der Waals surface area contributed by atoms with E-state index in [-0.39, 0.29) is 12.5 Å². The quantitative estimate of drug-likeness (QED) is 0.698. The normalized spacial score (nSPS) is 10.2. The maximum Gasteiger partial charge on any atom is 0.264 e. The molecule has 3 nitrogen and oxygen atoms in total. The fourth-order valence-electron chi connectivity index (χ4n) is 2.41. The van der Waals surface area contributed by atoms with Crippen LogP contribution in [0.3, 0.4) is 0 Å². The van der Waals surface area contributed by atoms with Gasteiger partial charge in [-0.25, -0.2) is 0 Å². The standard InChI is InChI=1S/C21H19NO2/c1-22(19-10-6-3-7-11-19)21(23)16-24-20-14-12-18(13-15-20)17-8-4-2-5-9-17/h2-15H,16H2,1H3. The second-order valence-corrected chi connectivity index (χ2v) is 5.47. The lowest BCUT2D eigenvalue weighted by Gasteiger charge is -2.17. The molecule has 1 amide bonds. The van der Waals surface area contributed by atoms with Gasteiger partial charge in [0.25, 0.3) is 5.91 Å². The van der Waals surface area contributed by atoms with E-state index in [0.29, 0.717) is 5.75 Å². The average Bonchev–Trinajstić information content (AvgIpc) is 2.67. The molecule has 3 aromatic rings. The van der Waals surface area contributed by atoms with E-state index in [0.717, 1.165) is 16.8 Å². The molecule has 0 bridgehead atoms. The van der Waals surface area contributed by atoms with E-state index in [2.05, 4.69) is 12.1 Å². The SMILES string of the molecule is CN(C(=O)COc1ccc(-c2ccccc2)cc1)c1ccccc1. The van der Waals surface area contributed by atoms with Gasteiger partial charge in [0, 0.05) is 12.7 Å². The first kappa shape index (κ1) is 15.8. The van der Waals surface area contributed by atoms with Crippen molar-refractivity contribution >= 4 is 11.6 Å². The Morgan fingerprint density at radius 3 is 1.96 bits per heavy atom. The number of hydrogen-bond donors (Lipinski definition) is 0. The van der Waals surface area contributed by atoms with Crippen molar-refractivity contribution in [1.29, 1.82) is 0 Å². The summed E-state index contributed by atoms with van der Waals surface area (Å²) in [4.78, 5) is 13.8. The summed E-state index contributed by atoms with van der Waals surface area (Å²) < 4.78 is 5.61. The predicted molar refractivity (Wildman–Crippen MR) is 97.2 cm³/mol. The van der Waals surface area contributed by atoms with E-state index in [9.17, 15) is 4.79 Å². The first-order valence-electron chi connectivity index (χ1n) is 7.84. The van der Waals surface area contributed by atoms with Crippen LogP contribution >= 0.6 is 0 Å². The molecule has 0 atom stereocenters. The molecule has 0 aliphatic carbocycles. The number of amides is 1. The van der Waals surface area contributed by atoms with Gasteiger partial charge in [0.1, 0.15) is 5.75 Å². The Morgan fingerprint density at radius 2 is 1.33 bits per heavy atom. The van der Waals surface area contributed by atoms with Gasteiger partial charge in [0.2, 0.25) is 0 Å².